The van der Waals surface area contributed by atoms with Crippen LogP contribution in [-0.2, 0) is 17.8 Å². The molecule has 0 spiro atoms. The van der Waals surface area contributed by atoms with Crippen molar-refractivity contribution in [2.75, 3.05) is 13.1 Å². The Morgan fingerprint density at radius 3 is 2.53 bits per heavy atom. The summed E-state index contributed by atoms with van der Waals surface area (Å²) >= 11 is 0. The van der Waals surface area contributed by atoms with Crippen LogP contribution in [0.3, 0.4) is 0 Å². The van der Waals surface area contributed by atoms with Gasteiger partial charge in [0.1, 0.15) is 28.7 Å². The molecule has 43 heavy (non-hydrogen) atoms. The summed E-state index contributed by atoms with van der Waals surface area (Å²) in [6, 6.07) is 11.8. The van der Waals surface area contributed by atoms with E-state index in [1.807, 2.05) is 31.6 Å². The smallest absolute Gasteiger partial charge is 0.410 e. The Labute approximate surface area is 248 Å². The minimum absolute atomic E-state index is 0.0256. The Kier molecular flexibility index (Phi) is 8.43. The lowest BCUT2D eigenvalue weighted by Crippen LogP contribution is -2.52. The van der Waals surface area contributed by atoms with Crippen LogP contribution in [0.4, 0.5) is 13.6 Å². The largest absolute Gasteiger partial charge is 0.457 e. The minimum atomic E-state index is -0.704. The maximum atomic E-state index is 13.5. The highest BCUT2D eigenvalue weighted by atomic mass is 19.1. The van der Waals surface area contributed by atoms with E-state index in [9.17, 15) is 18.4 Å². The second kappa shape index (κ2) is 12.2. The average Bonchev–Trinajstić information content (AvgIpc) is 3.38. The monoisotopic (exact) mass is 589 g/mol. The quantitative estimate of drug-likeness (QED) is 0.266. The van der Waals surface area contributed by atoms with Crippen molar-refractivity contribution < 1.29 is 27.8 Å². The van der Waals surface area contributed by atoms with E-state index >= 15 is 0 Å². The van der Waals surface area contributed by atoms with Crippen LogP contribution >= 0.6 is 0 Å². The molecule has 0 unspecified atom stereocenters. The molecule has 11 heteroatoms. The van der Waals surface area contributed by atoms with E-state index in [4.69, 9.17) is 9.47 Å². The number of nitrogens with zero attached hydrogens (tertiary/aromatic N) is 4. The molecule has 1 N–H and O–H groups in total. The molecule has 1 fully saturated rings. The van der Waals surface area contributed by atoms with Gasteiger partial charge in [-0.2, -0.15) is 5.10 Å². The zero-order valence-electron chi connectivity index (χ0n) is 24.4. The highest BCUT2D eigenvalue weighted by Gasteiger charge is 2.34. The van der Waals surface area contributed by atoms with Crippen LogP contribution in [0.1, 0.15) is 42.3 Å². The Morgan fingerprint density at radius 2 is 1.81 bits per heavy atom. The summed E-state index contributed by atoms with van der Waals surface area (Å²) in [6.45, 7) is 9.19. The average molecular weight is 590 g/mol. The van der Waals surface area contributed by atoms with Crippen molar-refractivity contribution in [2.45, 2.75) is 46.4 Å². The molecule has 5 rings (SSSR count). The number of hydrogen-bond acceptors (Lipinski definition) is 6. The van der Waals surface area contributed by atoms with E-state index in [1.165, 1.54) is 12.1 Å². The van der Waals surface area contributed by atoms with Crippen LogP contribution in [0.2, 0.25) is 0 Å². The first-order chi connectivity index (χ1) is 20.4. The molecular weight excluding hydrogens is 556 g/mol. The Balaban J connectivity index is 1.20. The molecule has 0 saturated carbocycles. The van der Waals surface area contributed by atoms with Gasteiger partial charge in [0, 0.05) is 73.3 Å². The zero-order chi connectivity index (χ0) is 30.7. The number of likely N-dealkylation sites (tertiary alicyclic amines) is 1. The topological polar surface area (TPSA) is 98.6 Å². The van der Waals surface area contributed by atoms with Crippen molar-refractivity contribution in [1.82, 2.24) is 25.0 Å². The highest BCUT2D eigenvalue weighted by Crippen LogP contribution is 2.30. The number of rotatable bonds is 8. The molecule has 0 radical (unpaired) electrons. The molecule has 1 saturated heterocycles. The summed E-state index contributed by atoms with van der Waals surface area (Å²) in [4.78, 5) is 31.2. The Bertz CT molecular complexity index is 1620. The first-order valence-corrected chi connectivity index (χ1v) is 13.9. The van der Waals surface area contributed by atoms with Gasteiger partial charge < -0.3 is 19.7 Å². The number of ether oxygens (including phenoxy) is 2. The van der Waals surface area contributed by atoms with Gasteiger partial charge in [0.15, 0.2) is 0 Å². The van der Waals surface area contributed by atoms with Crippen molar-refractivity contribution in [2.24, 2.45) is 5.92 Å². The molecule has 1 aliphatic heterocycles. The van der Waals surface area contributed by atoms with Gasteiger partial charge in [0.25, 0.3) is 5.91 Å². The van der Waals surface area contributed by atoms with E-state index in [1.54, 1.807) is 54.5 Å². The predicted molar refractivity (Wildman–Crippen MR) is 156 cm³/mol. The highest BCUT2D eigenvalue weighted by molar-refractivity contribution is 5.96. The number of amides is 2. The fraction of sp³-hybridized carbons (Fsp3) is 0.312. The number of hydrogen-bond donors (Lipinski definition) is 1. The van der Waals surface area contributed by atoms with Crippen molar-refractivity contribution in [3.63, 3.8) is 0 Å². The summed E-state index contributed by atoms with van der Waals surface area (Å²) in [6.07, 6.45) is 4.98. The maximum Gasteiger partial charge on any atom is 0.410 e. The molecule has 3 heterocycles. The predicted octanol–water partition coefficient (Wildman–Crippen LogP) is 6.12. The molecule has 2 aromatic heterocycles. The van der Waals surface area contributed by atoms with E-state index < -0.39 is 23.1 Å². The van der Waals surface area contributed by atoms with Crippen molar-refractivity contribution >= 4 is 12.0 Å². The molecule has 1 aliphatic rings. The van der Waals surface area contributed by atoms with Crippen LogP contribution in [0, 0.1) is 24.5 Å². The third-order valence-corrected chi connectivity index (χ3v) is 6.85. The fourth-order valence-corrected chi connectivity index (χ4v) is 4.74. The number of carbonyl (C=O) groups excluding carboxylic acids is 2. The minimum Gasteiger partial charge on any atom is -0.457 e. The van der Waals surface area contributed by atoms with Crippen molar-refractivity contribution in [3.05, 3.63) is 95.4 Å². The van der Waals surface area contributed by atoms with Gasteiger partial charge in [-0.1, -0.05) is 6.07 Å². The zero-order valence-corrected chi connectivity index (χ0v) is 24.4. The summed E-state index contributed by atoms with van der Waals surface area (Å²) in [5.74, 6) is -0.506. The molecule has 0 bridgehead atoms. The van der Waals surface area contributed by atoms with Gasteiger partial charge in [0.05, 0.1) is 11.9 Å². The standard InChI is InChI=1S/C32H33F2N5O4/c1-20-27(30(40)36-14-21-10-24(33)12-25(34)11-21)6-5-7-29(20)42-26-8-9-35-28(13-26)23-15-37-39(19-23)18-22-16-38(17-22)31(41)43-32(2,3)4/h5-13,15,19,22H,14,16-18H2,1-4H3,(H,36,40). The van der Waals surface area contributed by atoms with Gasteiger partial charge in [-0.15, -0.1) is 0 Å². The van der Waals surface area contributed by atoms with E-state index in [0.29, 0.717) is 53.5 Å². The first kappa shape index (κ1) is 29.7. The van der Waals surface area contributed by atoms with Crippen LogP contribution in [-0.4, -0.2) is 50.4 Å². The molecule has 224 valence electrons. The number of nitrogens with one attached hydrogen (secondary N) is 1. The third-order valence-electron chi connectivity index (χ3n) is 6.85. The molecule has 2 aromatic carbocycles. The SMILES string of the molecule is Cc1c(Oc2ccnc(-c3cnn(CC4CN(C(=O)OC(C)(C)C)C4)c3)c2)cccc1C(=O)NCc1cc(F)cc(F)c1. The molecule has 4 aromatic rings. The molecular formula is C32H33F2N5O4. The van der Waals surface area contributed by atoms with Crippen LogP contribution in [0.15, 0.2) is 67.1 Å². The summed E-state index contributed by atoms with van der Waals surface area (Å²) in [5, 5.41) is 7.17. The van der Waals surface area contributed by atoms with Crippen LogP contribution in [0.25, 0.3) is 11.3 Å². The van der Waals surface area contributed by atoms with Crippen molar-refractivity contribution in [3.8, 4) is 22.8 Å². The van der Waals surface area contributed by atoms with Gasteiger partial charge in [-0.25, -0.2) is 13.6 Å². The summed E-state index contributed by atoms with van der Waals surface area (Å²) in [7, 11) is 0. The van der Waals surface area contributed by atoms with Gasteiger partial charge in [0.2, 0.25) is 0 Å². The van der Waals surface area contributed by atoms with Gasteiger partial charge in [-0.3, -0.25) is 14.5 Å². The lowest BCUT2D eigenvalue weighted by atomic mass is 10.0. The lowest BCUT2D eigenvalue weighted by molar-refractivity contribution is -0.00384. The number of aromatic nitrogens is 3. The first-order valence-electron chi connectivity index (χ1n) is 13.9. The molecule has 2 amide bonds. The Hall–Kier alpha value is -4.80. The normalized spacial score (nSPS) is 13.4. The number of carbonyl (C=O) groups is 2. The van der Waals surface area contributed by atoms with Crippen LogP contribution < -0.4 is 10.1 Å². The Morgan fingerprint density at radius 1 is 1.07 bits per heavy atom. The lowest BCUT2D eigenvalue weighted by Gasteiger charge is -2.39. The molecule has 9 nitrogen and oxygen atoms in total. The summed E-state index contributed by atoms with van der Waals surface area (Å²) in [5.41, 5.74) is 2.27. The third kappa shape index (κ3) is 7.54. The summed E-state index contributed by atoms with van der Waals surface area (Å²) < 4.78 is 40.4. The maximum absolute atomic E-state index is 13.5. The van der Waals surface area contributed by atoms with E-state index in [2.05, 4.69) is 15.4 Å². The molecule has 0 aliphatic carbocycles. The second-order valence-electron chi connectivity index (χ2n) is 11.6. The number of pyridine rings is 1. The van der Waals surface area contributed by atoms with Crippen molar-refractivity contribution in [1.29, 1.82) is 0 Å². The van der Waals surface area contributed by atoms with Gasteiger partial charge in [-0.05, 0) is 63.6 Å². The van der Waals surface area contributed by atoms with E-state index in [-0.39, 0.29) is 18.6 Å². The van der Waals surface area contributed by atoms with E-state index in [0.717, 1.165) is 11.6 Å². The van der Waals surface area contributed by atoms with Gasteiger partial charge >= 0.3 is 6.09 Å². The number of benzene rings is 2. The fourth-order valence-electron chi connectivity index (χ4n) is 4.74. The second-order valence-corrected chi connectivity index (χ2v) is 11.6. The van der Waals surface area contributed by atoms with Crippen LogP contribution in [0.5, 0.6) is 11.5 Å². The number of halogens is 2. The molecule has 0 atom stereocenters.